The number of hydrogen-bond acceptors (Lipinski definition) is 3. The van der Waals surface area contributed by atoms with Gasteiger partial charge in [-0.1, -0.05) is 18.2 Å². The van der Waals surface area contributed by atoms with Crippen molar-refractivity contribution in [3.05, 3.63) is 29.8 Å². The van der Waals surface area contributed by atoms with E-state index in [1.54, 1.807) is 0 Å². The molecule has 2 rings (SSSR count). The van der Waals surface area contributed by atoms with Gasteiger partial charge in [0.25, 0.3) is 0 Å². The molecule has 0 atom stereocenters. The highest BCUT2D eigenvalue weighted by Crippen LogP contribution is 2.23. The number of morpholine rings is 1. The van der Waals surface area contributed by atoms with Crippen molar-refractivity contribution in [2.75, 3.05) is 32.8 Å². The second-order valence-electron chi connectivity index (χ2n) is 6.38. The third-order valence-corrected chi connectivity index (χ3v) is 4.25. The van der Waals surface area contributed by atoms with Gasteiger partial charge in [-0.15, -0.1) is 0 Å². The summed E-state index contributed by atoms with van der Waals surface area (Å²) < 4.78 is 11.6. The second kappa shape index (κ2) is 7.25. The molecule has 1 fully saturated rings. The minimum absolute atomic E-state index is 0.884. The van der Waals surface area contributed by atoms with Crippen LogP contribution in [-0.4, -0.2) is 46.1 Å². The summed E-state index contributed by atoms with van der Waals surface area (Å²) in [6.07, 6.45) is 2.28. The molecule has 0 radical (unpaired) electrons. The molecule has 1 heterocycles. The number of nitrogens with zero attached hydrogens (tertiary/aromatic N) is 1. The lowest BCUT2D eigenvalue weighted by Gasteiger charge is -2.26. The maximum Gasteiger partial charge on any atom is 0.242 e. The Morgan fingerprint density at radius 2 is 1.85 bits per heavy atom. The van der Waals surface area contributed by atoms with Gasteiger partial charge < -0.3 is 9.16 Å². The van der Waals surface area contributed by atoms with Crippen LogP contribution < -0.4 is 4.43 Å². The van der Waals surface area contributed by atoms with Crippen LogP contribution in [0.5, 0.6) is 5.75 Å². The largest absolute Gasteiger partial charge is 0.544 e. The first-order valence-corrected chi connectivity index (χ1v) is 11.0. The SMILES string of the molecule is C[Si](C)(C)Oc1ccccc1CCCN1CCOCC1. The van der Waals surface area contributed by atoms with Gasteiger partial charge in [-0.2, -0.15) is 0 Å². The molecule has 1 aromatic rings. The molecule has 0 unspecified atom stereocenters. The van der Waals surface area contributed by atoms with Crippen LogP contribution in [0.1, 0.15) is 12.0 Å². The number of rotatable bonds is 6. The van der Waals surface area contributed by atoms with Crippen molar-refractivity contribution in [2.24, 2.45) is 0 Å². The van der Waals surface area contributed by atoms with Gasteiger partial charge in [0.2, 0.25) is 8.32 Å². The summed E-state index contributed by atoms with van der Waals surface area (Å²) in [6, 6.07) is 8.50. The first kappa shape index (κ1) is 15.5. The minimum Gasteiger partial charge on any atom is -0.544 e. The van der Waals surface area contributed by atoms with Crippen LogP contribution in [0.15, 0.2) is 24.3 Å². The van der Waals surface area contributed by atoms with E-state index in [2.05, 4.69) is 48.8 Å². The summed E-state index contributed by atoms with van der Waals surface area (Å²) in [5.41, 5.74) is 1.35. The smallest absolute Gasteiger partial charge is 0.242 e. The van der Waals surface area contributed by atoms with E-state index < -0.39 is 8.32 Å². The minimum atomic E-state index is -1.53. The van der Waals surface area contributed by atoms with Crippen molar-refractivity contribution in [1.29, 1.82) is 0 Å². The normalized spacial score (nSPS) is 17.1. The molecule has 1 aliphatic heterocycles. The summed E-state index contributed by atoms with van der Waals surface area (Å²) in [5.74, 6) is 1.09. The molecule has 0 spiro atoms. The van der Waals surface area contributed by atoms with Crippen molar-refractivity contribution in [3.8, 4) is 5.75 Å². The van der Waals surface area contributed by atoms with Gasteiger partial charge in [0, 0.05) is 13.1 Å². The summed E-state index contributed by atoms with van der Waals surface area (Å²) in [7, 11) is -1.53. The number of aryl methyl sites for hydroxylation is 1. The molecule has 0 aliphatic carbocycles. The Morgan fingerprint density at radius 3 is 2.55 bits per heavy atom. The van der Waals surface area contributed by atoms with Gasteiger partial charge in [0.1, 0.15) is 5.75 Å². The average Bonchev–Trinajstić information content (AvgIpc) is 2.40. The summed E-state index contributed by atoms with van der Waals surface area (Å²) in [5, 5.41) is 0. The Morgan fingerprint density at radius 1 is 1.15 bits per heavy atom. The predicted molar refractivity (Wildman–Crippen MR) is 86.0 cm³/mol. The highest BCUT2D eigenvalue weighted by Gasteiger charge is 2.18. The fraction of sp³-hybridized carbons (Fsp3) is 0.625. The first-order chi connectivity index (χ1) is 9.54. The highest BCUT2D eigenvalue weighted by molar-refractivity contribution is 6.70. The summed E-state index contributed by atoms with van der Waals surface area (Å²) >= 11 is 0. The standard InChI is InChI=1S/C16H27NO2Si/c1-20(2,3)19-16-9-5-4-7-15(16)8-6-10-17-11-13-18-14-12-17/h4-5,7,9H,6,8,10-14H2,1-3H3. The van der Waals surface area contributed by atoms with Gasteiger partial charge >= 0.3 is 0 Å². The Labute approximate surface area is 124 Å². The Bertz CT molecular complexity index is 411. The average molecular weight is 293 g/mol. The van der Waals surface area contributed by atoms with E-state index in [1.165, 1.54) is 12.0 Å². The lowest BCUT2D eigenvalue weighted by atomic mass is 10.1. The van der Waals surface area contributed by atoms with Gasteiger partial charge in [0.15, 0.2) is 0 Å². The molecule has 112 valence electrons. The molecule has 4 heteroatoms. The van der Waals surface area contributed by atoms with Crippen molar-refractivity contribution >= 4 is 8.32 Å². The molecular weight excluding hydrogens is 266 g/mol. The van der Waals surface area contributed by atoms with Crippen LogP contribution in [0.25, 0.3) is 0 Å². The third-order valence-electron chi connectivity index (χ3n) is 3.41. The molecule has 3 nitrogen and oxygen atoms in total. The maximum atomic E-state index is 6.18. The summed E-state index contributed by atoms with van der Waals surface area (Å²) in [4.78, 5) is 2.49. The van der Waals surface area contributed by atoms with Crippen molar-refractivity contribution in [1.82, 2.24) is 4.90 Å². The van der Waals surface area contributed by atoms with E-state index in [1.807, 2.05) is 0 Å². The van der Waals surface area contributed by atoms with Gasteiger partial charge in [0.05, 0.1) is 13.2 Å². The second-order valence-corrected chi connectivity index (χ2v) is 10.8. The van der Waals surface area contributed by atoms with Crippen LogP contribution >= 0.6 is 0 Å². The number of hydrogen-bond donors (Lipinski definition) is 0. The number of ether oxygens (including phenoxy) is 1. The third kappa shape index (κ3) is 5.27. The van der Waals surface area contributed by atoms with E-state index in [0.717, 1.165) is 45.0 Å². The quantitative estimate of drug-likeness (QED) is 0.752. The van der Waals surface area contributed by atoms with Crippen LogP contribution in [0.2, 0.25) is 19.6 Å². The zero-order chi connectivity index (χ0) is 14.4. The Hall–Kier alpha value is -0.843. The fourth-order valence-electron chi connectivity index (χ4n) is 2.46. The highest BCUT2D eigenvalue weighted by atomic mass is 28.4. The zero-order valence-electron chi connectivity index (χ0n) is 13.0. The fourth-order valence-corrected chi connectivity index (χ4v) is 3.32. The van der Waals surface area contributed by atoms with E-state index >= 15 is 0 Å². The zero-order valence-corrected chi connectivity index (χ0v) is 14.0. The van der Waals surface area contributed by atoms with Gasteiger partial charge in [-0.05, 0) is 50.7 Å². The molecule has 20 heavy (non-hydrogen) atoms. The lowest BCUT2D eigenvalue weighted by Crippen LogP contribution is -2.37. The van der Waals surface area contributed by atoms with Gasteiger partial charge in [-0.3, -0.25) is 4.90 Å². The van der Waals surface area contributed by atoms with Crippen molar-refractivity contribution in [2.45, 2.75) is 32.5 Å². The van der Waals surface area contributed by atoms with E-state index in [9.17, 15) is 0 Å². The number of benzene rings is 1. The molecule has 0 N–H and O–H groups in total. The monoisotopic (exact) mass is 293 g/mol. The lowest BCUT2D eigenvalue weighted by molar-refractivity contribution is 0.0374. The van der Waals surface area contributed by atoms with Crippen LogP contribution in [0.4, 0.5) is 0 Å². The van der Waals surface area contributed by atoms with Crippen molar-refractivity contribution < 1.29 is 9.16 Å². The molecule has 1 aromatic carbocycles. The molecular formula is C16H27NO2Si. The maximum absolute atomic E-state index is 6.18. The van der Waals surface area contributed by atoms with Gasteiger partial charge in [-0.25, -0.2) is 0 Å². The van der Waals surface area contributed by atoms with Crippen LogP contribution in [-0.2, 0) is 11.2 Å². The van der Waals surface area contributed by atoms with E-state index in [-0.39, 0.29) is 0 Å². The van der Waals surface area contributed by atoms with E-state index in [4.69, 9.17) is 9.16 Å². The topological polar surface area (TPSA) is 21.7 Å². The molecule has 1 saturated heterocycles. The Balaban J connectivity index is 1.85. The van der Waals surface area contributed by atoms with Crippen molar-refractivity contribution in [3.63, 3.8) is 0 Å². The Kier molecular flexibility index (Phi) is 5.63. The summed E-state index contributed by atoms with van der Waals surface area (Å²) in [6.45, 7) is 11.8. The van der Waals surface area contributed by atoms with Crippen LogP contribution in [0.3, 0.4) is 0 Å². The molecule has 0 aromatic heterocycles. The first-order valence-electron chi connectivity index (χ1n) is 7.62. The number of para-hydroxylation sites is 1. The predicted octanol–water partition coefficient (Wildman–Crippen LogP) is 3.17. The van der Waals surface area contributed by atoms with E-state index in [0.29, 0.717) is 0 Å². The molecule has 1 aliphatic rings. The van der Waals surface area contributed by atoms with Crippen LogP contribution in [0, 0.1) is 0 Å². The molecule has 0 amide bonds. The molecule has 0 saturated carbocycles. The molecule has 0 bridgehead atoms.